The van der Waals surface area contributed by atoms with E-state index < -0.39 is 0 Å². The lowest BCUT2D eigenvalue weighted by atomic mass is 10.1. The molecule has 2 aromatic rings. The average molecular weight is 256 g/mol. The highest BCUT2D eigenvalue weighted by Gasteiger charge is 2.03. The highest BCUT2D eigenvalue weighted by Crippen LogP contribution is 2.04. The molecule has 1 heterocycles. The lowest BCUT2D eigenvalue weighted by molar-refractivity contribution is -0.120. The molecule has 0 aliphatic heterocycles. The number of aromatic nitrogens is 1. The monoisotopic (exact) mass is 256 g/mol. The molecule has 0 radical (unpaired) electrons. The first-order valence-electron chi connectivity index (χ1n) is 6.13. The molecule has 19 heavy (non-hydrogen) atoms. The smallest absolute Gasteiger partial charge is 0.226 e. The summed E-state index contributed by atoms with van der Waals surface area (Å²) in [5.41, 5.74) is 2.63. The summed E-state index contributed by atoms with van der Waals surface area (Å²) in [5, 5.41) is 11.8. The van der Waals surface area contributed by atoms with Crippen molar-refractivity contribution in [2.45, 2.75) is 19.6 Å². The quantitative estimate of drug-likeness (QED) is 0.850. The largest absolute Gasteiger partial charge is 0.392 e. The highest BCUT2D eigenvalue weighted by molar-refractivity contribution is 5.78. The van der Waals surface area contributed by atoms with Crippen LogP contribution in [-0.4, -0.2) is 16.0 Å². The lowest BCUT2D eigenvalue weighted by Crippen LogP contribution is -2.24. The fraction of sp³-hybridized carbons (Fsp3) is 0.200. The molecule has 1 aromatic carbocycles. The number of amides is 1. The Morgan fingerprint density at radius 1 is 1.11 bits per heavy atom. The van der Waals surface area contributed by atoms with Gasteiger partial charge < -0.3 is 10.4 Å². The zero-order valence-electron chi connectivity index (χ0n) is 10.5. The van der Waals surface area contributed by atoms with Gasteiger partial charge in [-0.15, -0.1) is 0 Å². The van der Waals surface area contributed by atoms with E-state index in [1.54, 1.807) is 6.20 Å². The molecule has 1 amide bonds. The second-order valence-electron chi connectivity index (χ2n) is 4.25. The van der Waals surface area contributed by atoms with E-state index in [1.165, 1.54) is 0 Å². The summed E-state index contributed by atoms with van der Waals surface area (Å²) >= 11 is 0. The molecule has 4 nitrogen and oxygen atoms in total. The van der Waals surface area contributed by atoms with Crippen molar-refractivity contribution in [3.05, 3.63) is 65.5 Å². The predicted molar refractivity (Wildman–Crippen MR) is 72.2 cm³/mol. The van der Waals surface area contributed by atoms with E-state index >= 15 is 0 Å². The minimum atomic E-state index is -0.0510. The molecule has 1 aromatic heterocycles. The van der Waals surface area contributed by atoms with Crippen LogP contribution in [0.25, 0.3) is 0 Å². The van der Waals surface area contributed by atoms with Crippen LogP contribution >= 0.6 is 0 Å². The van der Waals surface area contributed by atoms with Gasteiger partial charge in [0.25, 0.3) is 0 Å². The van der Waals surface area contributed by atoms with Crippen molar-refractivity contribution >= 4 is 5.91 Å². The Bertz CT molecular complexity index is 524. The number of aliphatic hydroxyl groups excluding tert-OH is 1. The Labute approximate surface area is 112 Å². The Morgan fingerprint density at radius 3 is 2.47 bits per heavy atom. The number of hydrogen-bond acceptors (Lipinski definition) is 3. The molecule has 0 spiro atoms. The van der Waals surface area contributed by atoms with Gasteiger partial charge in [0.05, 0.1) is 13.0 Å². The van der Waals surface area contributed by atoms with E-state index in [9.17, 15) is 4.79 Å². The molecular formula is C15H16N2O2. The van der Waals surface area contributed by atoms with Gasteiger partial charge in [0, 0.05) is 18.4 Å². The van der Waals surface area contributed by atoms with Gasteiger partial charge in [-0.3, -0.25) is 9.78 Å². The van der Waals surface area contributed by atoms with E-state index in [4.69, 9.17) is 5.11 Å². The summed E-state index contributed by atoms with van der Waals surface area (Å²) in [5.74, 6) is -0.0510. The summed E-state index contributed by atoms with van der Waals surface area (Å²) < 4.78 is 0. The summed E-state index contributed by atoms with van der Waals surface area (Å²) in [6, 6.07) is 13.0. The van der Waals surface area contributed by atoms with Gasteiger partial charge in [0.2, 0.25) is 5.91 Å². The first-order valence-corrected chi connectivity index (χ1v) is 6.13. The van der Waals surface area contributed by atoms with Crippen LogP contribution in [-0.2, 0) is 24.4 Å². The molecule has 0 aliphatic rings. The predicted octanol–water partition coefficient (Wildman–Crippen LogP) is 1.43. The van der Waals surface area contributed by atoms with Crippen molar-refractivity contribution in [2.75, 3.05) is 0 Å². The molecule has 98 valence electrons. The van der Waals surface area contributed by atoms with Crippen molar-refractivity contribution in [1.29, 1.82) is 0 Å². The number of pyridine rings is 1. The molecule has 0 saturated carbocycles. The number of nitrogens with zero attached hydrogens (tertiary/aromatic N) is 1. The first kappa shape index (κ1) is 13.2. The van der Waals surface area contributed by atoms with Crippen LogP contribution in [0, 0.1) is 0 Å². The van der Waals surface area contributed by atoms with E-state index in [0.717, 1.165) is 16.8 Å². The topological polar surface area (TPSA) is 62.2 Å². The van der Waals surface area contributed by atoms with Gasteiger partial charge in [0.15, 0.2) is 0 Å². The van der Waals surface area contributed by atoms with Crippen LogP contribution in [0.5, 0.6) is 0 Å². The molecule has 0 aliphatic carbocycles. The van der Waals surface area contributed by atoms with Crippen molar-refractivity contribution in [2.24, 2.45) is 0 Å². The van der Waals surface area contributed by atoms with Crippen LogP contribution in [0.4, 0.5) is 0 Å². The molecule has 0 bridgehead atoms. The number of benzene rings is 1. The van der Waals surface area contributed by atoms with E-state index in [-0.39, 0.29) is 18.9 Å². The molecule has 0 saturated heterocycles. The number of aliphatic hydroxyl groups is 1. The third-order valence-corrected chi connectivity index (χ3v) is 2.76. The minimum Gasteiger partial charge on any atom is -0.392 e. The van der Waals surface area contributed by atoms with Crippen molar-refractivity contribution in [3.8, 4) is 0 Å². The number of nitrogens with one attached hydrogen (secondary N) is 1. The van der Waals surface area contributed by atoms with E-state index in [0.29, 0.717) is 6.54 Å². The standard InChI is InChI=1S/C15H16N2O2/c18-11-13-6-4-12(5-7-13)10-17-15(19)9-14-3-1-2-8-16-14/h1-8,18H,9-11H2,(H,17,19). The maximum absolute atomic E-state index is 11.7. The van der Waals surface area contributed by atoms with E-state index in [2.05, 4.69) is 10.3 Å². The number of rotatable bonds is 5. The van der Waals surface area contributed by atoms with Crippen LogP contribution in [0.15, 0.2) is 48.7 Å². The molecule has 0 fully saturated rings. The number of hydrogen-bond donors (Lipinski definition) is 2. The minimum absolute atomic E-state index is 0.0340. The second-order valence-corrected chi connectivity index (χ2v) is 4.25. The van der Waals surface area contributed by atoms with Gasteiger partial charge in [-0.05, 0) is 23.3 Å². The lowest BCUT2D eigenvalue weighted by Gasteiger charge is -2.05. The van der Waals surface area contributed by atoms with Gasteiger partial charge in [-0.1, -0.05) is 30.3 Å². The Kier molecular flexibility index (Phi) is 4.64. The van der Waals surface area contributed by atoms with Crippen molar-refractivity contribution in [3.63, 3.8) is 0 Å². The molecule has 0 atom stereocenters. The summed E-state index contributed by atoms with van der Waals surface area (Å²) in [7, 11) is 0. The summed E-state index contributed by atoms with van der Waals surface area (Å²) in [6.45, 7) is 0.518. The molecule has 0 unspecified atom stereocenters. The third kappa shape index (κ3) is 4.19. The van der Waals surface area contributed by atoms with E-state index in [1.807, 2.05) is 42.5 Å². The van der Waals surface area contributed by atoms with Gasteiger partial charge in [-0.25, -0.2) is 0 Å². The fourth-order valence-electron chi connectivity index (χ4n) is 1.69. The molecule has 2 N–H and O–H groups in total. The SMILES string of the molecule is O=C(Cc1ccccn1)NCc1ccc(CO)cc1. The van der Waals surface area contributed by atoms with Crippen molar-refractivity contribution in [1.82, 2.24) is 10.3 Å². The zero-order chi connectivity index (χ0) is 13.5. The molecular weight excluding hydrogens is 240 g/mol. The van der Waals surface area contributed by atoms with Crippen molar-refractivity contribution < 1.29 is 9.90 Å². The average Bonchev–Trinajstić information content (AvgIpc) is 2.47. The van der Waals surface area contributed by atoms with Gasteiger partial charge in [0.1, 0.15) is 0 Å². The molecule has 4 heteroatoms. The first-order chi connectivity index (χ1) is 9.28. The maximum atomic E-state index is 11.7. The van der Waals surface area contributed by atoms with Gasteiger partial charge in [-0.2, -0.15) is 0 Å². The Balaban J connectivity index is 1.83. The van der Waals surface area contributed by atoms with Crippen LogP contribution in [0.2, 0.25) is 0 Å². The van der Waals surface area contributed by atoms with Crippen LogP contribution in [0.1, 0.15) is 16.8 Å². The maximum Gasteiger partial charge on any atom is 0.226 e. The normalized spacial score (nSPS) is 10.2. The third-order valence-electron chi connectivity index (χ3n) is 2.76. The second kappa shape index (κ2) is 6.66. The zero-order valence-corrected chi connectivity index (χ0v) is 10.5. The Hall–Kier alpha value is -2.20. The number of carbonyl (C=O) groups excluding carboxylic acids is 1. The highest BCUT2D eigenvalue weighted by atomic mass is 16.3. The number of carbonyl (C=O) groups is 1. The van der Waals surface area contributed by atoms with Gasteiger partial charge >= 0.3 is 0 Å². The van der Waals surface area contributed by atoms with Crippen LogP contribution in [0.3, 0.4) is 0 Å². The molecule has 2 rings (SSSR count). The summed E-state index contributed by atoms with van der Waals surface area (Å²) in [6.07, 6.45) is 1.96. The van der Waals surface area contributed by atoms with Crippen LogP contribution < -0.4 is 5.32 Å². The fourth-order valence-corrected chi connectivity index (χ4v) is 1.69. The Morgan fingerprint density at radius 2 is 1.84 bits per heavy atom. The summed E-state index contributed by atoms with van der Waals surface area (Å²) in [4.78, 5) is 15.8.